The molecule has 1 heterocycles. The van der Waals surface area contributed by atoms with Crippen molar-refractivity contribution in [2.45, 2.75) is 27.7 Å². The SMILES string of the molecule is C=Cc1cncc(C)c1C(=C)C#CC.CC. The monoisotopic (exact) mass is 213 g/mol. The van der Waals surface area contributed by atoms with Crippen LogP contribution < -0.4 is 0 Å². The highest BCUT2D eigenvalue weighted by molar-refractivity contribution is 5.83. The summed E-state index contributed by atoms with van der Waals surface area (Å²) in [5.74, 6) is 5.80. The standard InChI is InChI=1S/C13H13N.C2H6/c1-5-7-10(3)13-11(4)8-14-9-12(13)6-2;1-2/h6,8-9H,2-3H2,1,4H3;1-2H3. The largest absolute Gasteiger partial charge is 0.264 e. The number of hydrogen-bond donors (Lipinski definition) is 0. The molecule has 1 aromatic heterocycles. The molecule has 1 rings (SSSR count). The van der Waals surface area contributed by atoms with E-state index in [2.05, 4.69) is 30.0 Å². The molecule has 0 saturated heterocycles. The molecule has 16 heavy (non-hydrogen) atoms. The number of pyridine rings is 1. The highest BCUT2D eigenvalue weighted by Crippen LogP contribution is 2.21. The highest BCUT2D eigenvalue weighted by atomic mass is 14.6. The number of rotatable bonds is 2. The first-order valence-electron chi connectivity index (χ1n) is 5.39. The second-order valence-electron chi connectivity index (χ2n) is 2.98. The normalized spacial score (nSPS) is 8.00. The van der Waals surface area contributed by atoms with Crippen LogP contribution in [0.2, 0.25) is 0 Å². The molecule has 84 valence electrons. The molecule has 1 nitrogen and oxygen atoms in total. The minimum absolute atomic E-state index is 0.822. The van der Waals surface area contributed by atoms with Crippen molar-refractivity contribution < 1.29 is 0 Å². The van der Waals surface area contributed by atoms with Gasteiger partial charge in [0.15, 0.2) is 0 Å². The van der Waals surface area contributed by atoms with Crippen LogP contribution in [0, 0.1) is 18.8 Å². The summed E-state index contributed by atoms with van der Waals surface area (Å²) in [7, 11) is 0. The van der Waals surface area contributed by atoms with E-state index in [1.807, 2.05) is 27.0 Å². The maximum atomic E-state index is 4.10. The Labute approximate surface area is 98.9 Å². The van der Waals surface area contributed by atoms with E-state index in [4.69, 9.17) is 0 Å². The van der Waals surface area contributed by atoms with Crippen LogP contribution in [0.25, 0.3) is 11.6 Å². The molecule has 0 N–H and O–H groups in total. The molecule has 0 spiro atoms. The molecule has 0 aromatic carbocycles. The summed E-state index contributed by atoms with van der Waals surface area (Å²) in [6, 6.07) is 0. The third-order valence-corrected chi connectivity index (χ3v) is 1.96. The Hall–Kier alpha value is -1.81. The fourth-order valence-electron chi connectivity index (χ4n) is 1.37. The van der Waals surface area contributed by atoms with Crippen LogP contribution in [-0.4, -0.2) is 4.98 Å². The first-order valence-corrected chi connectivity index (χ1v) is 5.39. The lowest BCUT2D eigenvalue weighted by Crippen LogP contribution is -1.92. The van der Waals surface area contributed by atoms with Crippen molar-refractivity contribution >= 4 is 11.6 Å². The van der Waals surface area contributed by atoms with Crippen molar-refractivity contribution in [1.29, 1.82) is 0 Å². The van der Waals surface area contributed by atoms with Gasteiger partial charge in [0, 0.05) is 29.1 Å². The van der Waals surface area contributed by atoms with Gasteiger partial charge < -0.3 is 0 Å². The van der Waals surface area contributed by atoms with Gasteiger partial charge in [-0.25, -0.2) is 0 Å². The zero-order chi connectivity index (χ0) is 12.6. The van der Waals surface area contributed by atoms with E-state index in [0.29, 0.717) is 0 Å². The summed E-state index contributed by atoms with van der Waals surface area (Å²) in [4.78, 5) is 4.10. The second-order valence-corrected chi connectivity index (χ2v) is 2.98. The van der Waals surface area contributed by atoms with E-state index in [1.54, 1.807) is 19.2 Å². The highest BCUT2D eigenvalue weighted by Gasteiger charge is 2.05. The van der Waals surface area contributed by atoms with E-state index >= 15 is 0 Å². The molecule has 0 atom stereocenters. The van der Waals surface area contributed by atoms with Crippen LogP contribution in [0.5, 0.6) is 0 Å². The Morgan fingerprint density at radius 2 is 2.00 bits per heavy atom. The Bertz CT molecular complexity index is 430. The van der Waals surface area contributed by atoms with Crippen LogP contribution in [0.15, 0.2) is 25.6 Å². The van der Waals surface area contributed by atoms with Crippen LogP contribution in [0.3, 0.4) is 0 Å². The maximum Gasteiger partial charge on any atom is 0.0346 e. The molecule has 0 amide bonds. The van der Waals surface area contributed by atoms with Crippen LogP contribution in [-0.2, 0) is 0 Å². The van der Waals surface area contributed by atoms with Crippen molar-refractivity contribution in [3.05, 3.63) is 42.2 Å². The molecule has 0 unspecified atom stereocenters. The van der Waals surface area contributed by atoms with Gasteiger partial charge in [-0.15, -0.1) is 5.92 Å². The average molecular weight is 213 g/mol. The molecule has 0 aliphatic rings. The minimum atomic E-state index is 0.822. The molecule has 0 saturated carbocycles. The average Bonchev–Trinajstić information content (AvgIpc) is 2.31. The van der Waals surface area contributed by atoms with E-state index in [-0.39, 0.29) is 0 Å². The third-order valence-electron chi connectivity index (χ3n) is 1.96. The quantitative estimate of drug-likeness (QED) is 0.674. The Kier molecular flexibility index (Phi) is 6.63. The number of aryl methyl sites for hydroxylation is 1. The number of aromatic nitrogens is 1. The van der Waals surface area contributed by atoms with Crippen molar-refractivity contribution in [2.75, 3.05) is 0 Å². The van der Waals surface area contributed by atoms with Gasteiger partial charge in [0.05, 0.1) is 0 Å². The van der Waals surface area contributed by atoms with Crippen LogP contribution in [0.1, 0.15) is 37.5 Å². The van der Waals surface area contributed by atoms with E-state index in [1.165, 1.54) is 0 Å². The smallest absolute Gasteiger partial charge is 0.0346 e. The van der Waals surface area contributed by atoms with E-state index in [9.17, 15) is 0 Å². The molecular formula is C15H19N. The van der Waals surface area contributed by atoms with E-state index in [0.717, 1.165) is 22.3 Å². The summed E-state index contributed by atoms with van der Waals surface area (Å²) in [6.45, 7) is 15.5. The van der Waals surface area contributed by atoms with Gasteiger partial charge in [0.1, 0.15) is 0 Å². The summed E-state index contributed by atoms with van der Waals surface area (Å²) in [5, 5.41) is 0. The predicted molar refractivity (Wildman–Crippen MR) is 72.9 cm³/mol. The van der Waals surface area contributed by atoms with Gasteiger partial charge in [-0.05, 0) is 19.4 Å². The zero-order valence-electron chi connectivity index (χ0n) is 10.6. The molecule has 1 aromatic rings. The number of allylic oxidation sites excluding steroid dienone is 1. The topological polar surface area (TPSA) is 12.9 Å². The van der Waals surface area contributed by atoms with Crippen molar-refractivity contribution in [1.82, 2.24) is 4.98 Å². The first kappa shape index (κ1) is 14.2. The molecule has 0 aliphatic carbocycles. The Morgan fingerprint density at radius 3 is 2.50 bits per heavy atom. The van der Waals surface area contributed by atoms with Crippen molar-refractivity contribution in [2.24, 2.45) is 0 Å². The van der Waals surface area contributed by atoms with Gasteiger partial charge in [0.2, 0.25) is 0 Å². The summed E-state index contributed by atoms with van der Waals surface area (Å²) >= 11 is 0. The molecule has 0 bridgehead atoms. The van der Waals surface area contributed by atoms with Crippen LogP contribution >= 0.6 is 0 Å². The molecule has 1 heteroatoms. The van der Waals surface area contributed by atoms with Crippen LogP contribution in [0.4, 0.5) is 0 Å². The number of hydrogen-bond acceptors (Lipinski definition) is 1. The van der Waals surface area contributed by atoms with Gasteiger partial charge >= 0.3 is 0 Å². The lowest BCUT2D eigenvalue weighted by atomic mass is 9.99. The first-order chi connectivity index (χ1) is 7.70. The van der Waals surface area contributed by atoms with Gasteiger partial charge in [0.25, 0.3) is 0 Å². The minimum Gasteiger partial charge on any atom is -0.264 e. The number of nitrogens with zero attached hydrogens (tertiary/aromatic N) is 1. The molecule has 0 radical (unpaired) electrons. The summed E-state index contributed by atoms with van der Waals surface area (Å²) < 4.78 is 0. The van der Waals surface area contributed by atoms with Crippen molar-refractivity contribution in [3.63, 3.8) is 0 Å². The molecule has 0 fully saturated rings. The third kappa shape index (κ3) is 3.40. The molecule has 0 aliphatic heterocycles. The van der Waals surface area contributed by atoms with Gasteiger partial charge in [-0.3, -0.25) is 4.98 Å². The summed E-state index contributed by atoms with van der Waals surface area (Å²) in [5.41, 5.74) is 3.93. The fraction of sp³-hybridized carbons (Fsp3) is 0.267. The van der Waals surface area contributed by atoms with Gasteiger partial charge in [-0.1, -0.05) is 39.0 Å². The lowest BCUT2D eigenvalue weighted by molar-refractivity contribution is 1.24. The Balaban J connectivity index is 0.00000106. The predicted octanol–water partition coefficient (Wildman–Crippen LogP) is 4.10. The fourth-order valence-corrected chi connectivity index (χ4v) is 1.37. The lowest BCUT2D eigenvalue weighted by Gasteiger charge is -2.07. The summed E-state index contributed by atoms with van der Waals surface area (Å²) in [6.07, 6.45) is 5.36. The van der Waals surface area contributed by atoms with E-state index < -0.39 is 0 Å². The zero-order valence-corrected chi connectivity index (χ0v) is 10.6. The maximum absolute atomic E-state index is 4.10. The second kappa shape index (κ2) is 7.48. The molecular weight excluding hydrogens is 194 g/mol. The Morgan fingerprint density at radius 1 is 1.38 bits per heavy atom. The van der Waals surface area contributed by atoms with Gasteiger partial charge in [-0.2, -0.15) is 0 Å². The van der Waals surface area contributed by atoms with Crippen molar-refractivity contribution in [3.8, 4) is 11.8 Å².